The molecule has 4 aliphatic heterocycles. The van der Waals surface area contributed by atoms with Crippen molar-refractivity contribution in [2.45, 2.75) is 196 Å². The van der Waals surface area contributed by atoms with Crippen LogP contribution in [0.3, 0.4) is 0 Å². The SMILES string of the molecule is CC(C)(C)OC(=O)N1CCC(CCBr)CC1.CC(C)(C)OC(=O)N1CCC(CCBr)CC1.CC(C)(C)OC(=O)N1CCC(CCO)CC1.CC(C)(C)OC(=O)N1CCC(CCOc2ccc(OCc3ccccc3)cc2)CC1.Oc1ccc(OCc2ccccc2)cc1. The van der Waals surface area contributed by atoms with Gasteiger partial charge in [-0.05, 0) is 243 Å². The number of likely N-dealkylation sites (tertiary alicyclic amines) is 4. The highest BCUT2D eigenvalue weighted by atomic mass is 79.9. The van der Waals surface area contributed by atoms with Gasteiger partial charge >= 0.3 is 24.4 Å². The number of aromatic hydroxyl groups is 1. The van der Waals surface area contributed by atoms with E-state index in [9.17, 15) is 19.2 Å². The van der Waals surface area contributed by atoms with Crippen molar-refractivity contribution in [3.63, 3.8) is 0 Å². The van der Waals surface area contributed by atoms with Gasteiger partial charge in [0.05, 0.1) is 6.61 Å². The van der Waals surface area contributed by atoms with Crippen molar-refractivity contribution < 1.29 is 62.5 Å². The number of carbonyl (C=O) groups excluding carboxylic acids is 4. The first-order chi connectivity index (χ1) is 44.0. The van der Waals surface area contributed by atoms with Gasteiger partial charge in [0.15, 0.2) is 0 Å². The van der Waals surface area contributed by atoms with E-state index in [0.29, 0.717) is 31.7 Å². The van der Waals surface area contributed by atoms with Gasteiger partial charge in [-0.15, -0.1) is 0 Å². The molecule has 520 valence electrons. The smallest absolute Gasteiger partial charge is 0.410 e. The summed E-state index contributed by atoms with van der Waals surface area (Å²) in [6.07, 6.45) is 11.9. The lowest BCUT2D eigenvalue weighted by molar-refractivity contribution is 0.0165. The first-order valence-electron chi connectivity index (χ1n) is 33.5. The van der Waals surface area contributed by atoms with Crippen LogP contribution < -0.4 is 14.2 Å². The maximum Gasteiger partial charge on any atom is 0.410 e. The van der Waals surface area contributed by atoms with E-state index in [1.54, 1.807) is 29.2 Å². The standard InChI is InChI=1S/C25H33NO4.C13H12O2.2C12H22BrNO2.C12H23NO3/c1-25(2,3)30-24(27)26-16-13-20(14-17-26)15-18-28-22-9-11-23(12-10-22)29-19-21-7-5-4-6-8-21;14-12-6-8-13(9-7-12)15-10-11-4-2-1-3-5-11;2*1-12(2,3)16-11(15)14-8-5-10(4-7-13)6-9-14;1-12(2,3)16-11(15)13-7-4-10(5-8-13)6-9-14/h4-12,20H,13-19H2,1-3H3;1-9,14H,10H2;2*10H,4-9H2,1-3H3;10,14H,4-9H2,1-3H3. The van der Waals surface area contributed by atoms with E-state index in [4.69, 9.17) is 43.4 Å². The quantitative estimate of drug-likeness (QED) is 0.0798. The van der Waals surface area contributed by atoms with Crippen molar-refractivity contribution in [3.8, 4) is 23.0 Å². The predicted molar refractivity (Wildman–Crippen MR) is 377 cm³/mol. The monoisotopic (exact) mass is 1420 g/mol. The molecule has 0 bridgehead atoms. The fourth-order valence-corrected chi connectivity index (χ4v) is 11.7. The highest BCUT2D eigenvalue weighted by Crippen LogP contribution is 2.28. The van der Waals surface area contributed by atoms with Gasteiger partial charge in [-0.1, -0.05) is 92.5 Å². The molecule has 93 heavy (non-hydrogen) atoms. The molecular weight excluding hydrogens is 1310 g/mol. The van der Waals surface area contributed by atoms with E-state index >= 15 is 0 Å². The molecule has 19 heteroatoms. The number of ether oxygens (including phenoxy) is 7. The van der Waals surface area contributed by atoms with Gasteiger partial charge in [0.25, 0.3) is 0 Å². The molecule has 4 amide bonds. The zero-order valence-corrected chi connectivity index (χ0v) is 61.2. The van der Waals surface area contributed by atoms with Gasteiger partial charge in [0.1, 0.15) is 58.6 Å². The summed E-state index contributed by atoms with van der Waals surface area (Å²) in [7, 11) is 0. The molecule has 4 aromatic rings. The lowest BCUT2D eigenvalue weighted by Crippen LogP contribution is -2.41. The topological polar surface area (TPSA) is 186 Å². The zero-order chi connectivity index (χ0) is 68.5. The zero-order valence-electron chi connectivity index (χ0n) is 58.0. The van der Waals surface area contributed by atoms with Crippen molar-refractivity contribution in [1.29, 1.82) is 0 Å². The molecule has 4 heterocycles. The molecule has 4 aromatic carbocycles. The normalized spacial score (nSPS) is 16.0. The van der Waals surface area contributed by atoms with Crippen molar-refractivity contribution >= 4 is 56.2 Å². The molecule has 0 atom stereocenters. The van der Waals surface area contributed by atoms with E-state index < -0.39 is 11.2 Å². The second-order valence-corrected chi connectivity index (χ2v) is 29.8. The molecule has 4 fully saturated rings. The number of aliphatic hydroxyl groups excluding tert-OH is 1. The first-order valence-corrected chi connectivity index (χ1v) is 35.7. The minimum Gasteiger partial charge on any atom is -0.508 e. The van der Waals surface area contributed by atoms with Crippen LogP contribution in [-0.2, 0) is 32.2 Å². The Bertz CT molecular complexity index is 2570. The molecule has 0 unspecified atom stereocenters. The number of amides is 4. The van der Waals surface area contributed by atoms with Crippen LogP contribution in [0.25, 0.3) is 0 Å². The van der Waals surface area contributed by atoms with Crippen LogP contribution in [0, 0.1) is 23.7 Å². The fourth-order valence-electron chi connectivity index (χ4n) is 10.4. The number of halogens is 2. The molecule has 17 nitrogen and oxygen atoms in total. The third-order valence-electron chi connectivity index (χ3n) is 15.6. The third kappa shape index (κ3) is 35.4. The lowest BCUT2D eigenvalue weighted by atomic mass is 9.94. The van der Waals surface area contributed by atoms with Crippen LogP contribution in [0.15, 0.2) is 109 Å². The van der Waals surface area contributed by atoms with E-state index in [0.717, 1.165) is 167 Å². The number of phenols is 1. The molecule has 4 saturated heterocycles. The van der Waals surface area contributed by atoms with Crippen LogP contribution in [0.5, 0.6) is 23.0 Å². The molecule has 4 aliphatic rings. The number of aliphatic hydroxyl groups is 1. The molecular formula is C74H112Br2N4O13. The van der Waals surface area contributed by atoms with Gasteiger partial charge in [-0.25, -0.2) is 19.2 Å². The number of carbonyl (C=O) groups is 4. The number of phenolic OH excluding ortho intramolecular Hbond substituents is 1. The minimum absolute atomic E-state index is 0.162. The first kappa shape index (κ1) is 79.5. The summed E-state index contributed by atoms with van der Waals surface area (Å²) >= 11 is 6.93. The number of alkyl halides is 2. The Morgan fingerprint density at radius 3 is 0.914 bits per heavy atom. The largest absolute Gasteiger partial charge is 0.508 e. The summed E-state index contributed by atoms with van der Waals surface area (Å²) < 4.78 is 38.7. The number of nitrogens with zero attached hydrogens (tertiary/aromatic N) is 4. The fraction of sp³-hybridized carbons (Fsp3) is 0.622. The van der Waals surface area contributed by atoms with E-state index in [-0.39, 0.29) is 47.9 Å². The summed E-state index contributed by atoms with van der Waals surface area (Å²) in [5, 5.41) is 20.0. The van der Waals surface area contributed by atoms with E-state index in [1.807, 2.05) is 171 Å². The van der Waals surface area contributed by atoms with Gasteiger partial charge in [-0.2, -0.15) is 0 Å². The Balaban J connectivity index is 0.000000257. The van der Waals surface area contributed by atoms with Crippen LogP contribution in [0.4, 0.5) is 19.2 Å². The Kier molecular flexibility index (Phi) is 35.2. The third-order valence-corrected chi connectivity index (χ3v) is 16.5. The molecule has 0 spiro atoms. The number of piperidine rings is 4. The molecule has 2 N–H and O–H groups in total. The van der Waals surface area contributed by atoms with Crippen LogP contribution in [0.2, 0.25) is 0 Å². The second-order valence-electron chi connectivity index (χ2n) is 28.3. The summed E-state index contributed by atoms with van der Waals surface area (Å²) in [6.45, 7) is 31.2. The van der Waals surface area contributed by atoms with Crippen molar-refractivity contribution in [2.75, 3.05) is 76.2 Å². The maximum absolute atomic E-state index is 12.1. The van der Waals surface area contributed by atoms with Gasteiger partial charge in [0.2, 0.25) is 0 Å². The molecule has 0 saturated carbocycles. The number of hydrogen-bond donors (Lipinski definition) is 2. The molecule has 0 aliphatic carbocycles. The summed E-state index contributed by atoms with van der Waals surface area (Å²) in [5.74, 6) is 5.37. The van der Waals surface area contributed by atoms with Gasteiger partial charge in [0, 0.05) is 69.6 Å². The van der Waals surface area contributed by atoms with Crippen LogP contribution in [0.1, 0.15) is 171 Å². The highest BCUT2D eigenvalue weighted by Gasteiger charge is 2.30. The van der Waals surface area contributed by atoms with E-state index in [2.05, 4.69) is 44.0 Å². The maximum atomic E-state index is 12.1. The van der Waals surface area contributed by atoms with Gasteiger partial charge in [-0.3, -0.25) is 0 Å². The number of hydrogen-bond acceptors (Lipinski definition) is 13. The molecule has 8 rings (SSSR count). The second kappa shape index (κ2) is 41.1. The van der Waals surface area contributed by atoms with Crippen LogP contribution >= 0.6 is 31.9 Å². The van der Waals surface area contributed by atoms with Crippen LogP contribution in [-0.4, -0.2) is 153 Å². The van der Waals surface area contributed by atoms with E-state index in [1.165, 1.54) is 12.8 Å². The Morgan fingerprint density at radius 1 is 0.387 bits per heavy atom. The number of rotatable bonds is 16. The van der Waals surface area contributed by atoms with Crippen molar-refractivity contribution in [2.24, 2.45) is 23.7 Å². The lowest BCUT2D eigenvalue weighted by Gasteiger charge is -2.33. The van der Waals surface area contributed by atoms with Crippen molar-refractivity contribution in [3.05, 3.63) is 120 Å². The summed E-state index contributed by atoms with van der Waals surface area (Å²) in [5.41, 5.74) is 0.650. The summed E-state index contributed by atoms with van der Waals surface area (Å²) in [6, 6.07) is 34.6. The van der Waals surface area contributed by atoms with Crippen molar-refractivity contribution in [1.82, 2.24) is 19.6 Å². The Labute approximate surface area is 574 Å². The Morgan fingerprint density at radius 2 is 0.645 bits per heavy atom. The Hall–Kier alpha value is -5.92. The average Bonchev–Trinajstić information content (AvgIpc) is 1.77. The minimum atomic E-state index is -0.441. The predicted octanol–water partition coefficient (Wildman–Crippen LogP) is 17.5. The number of benzene rings is 4. The molecule has 0 radical (unpaired) electrons. The highest BCUT2D eigenvalue weighted by molar-refractivity contribution is 9.09. The molecule has 0 aromatic heterocycles. The van der Waals surface area contributed by atoms with Gasteiger partial charge < -0.3 is 63.0 Å². The average molecular weight is 1430 g/mol. The summed E-state index contributed by atoms with van der Waals surface area (Å²) in [4.78, 5) is 54.7.